The maximum atomic E-state index is 13.2. The van der Waals surface area contributed by atoms with Crippen molar-refractivity contribution in [2.45, 2.75) is 19.8 Å². The van der Waals surface area contributed by atoms with Gasteiger partial charge in [-0.25, -0.2) is 4.79 Å². The molecule has 3 aromatic carbocycles. The molecule has 3 rings (SSSR count). The van der Waals surface area contributed by atoms with Crippen molar-refractivity contribution in [3.63, 3.8) is 0 Å². The van der Waals surface area contributed by atoms with Crippen molar-refractivity contribution >= 4 is 23.4 Å². The third kappa shape index (κ3) is 5.95. The highest BCUT2D eigenvalue weighted by atomic mass is 16.5. The fourth-order valence-electron chi connectivity index (χ4n) is 3.07. The zero-order chi connectivity index (χ0) is 21.3. The van der Waals surface area contributed by atoms with Gasteiger partial charge in [-0.3, -0.25) is 10.1 Å². The number of benzene rings is 3. The Kier molecular flexibility index (Phi) is 7.22. The molecule has 0 spiro atoms. The van der Waals surface area contributed by atoms with Gasteiger partial charge < -0.3 is 10.1 Å². The van der Waals surface area contributed by atoms with Gasteiger partial charge in [0.2, 0.25) is 5.91 Å². The number of amides is 2. The first-order valence-corrected chi connectivity index (χ1v) is 9.97. The van der Waals surface area contributed by atoms with Gasteiger partial charge >= 0.3 is 6.09 Å². The number of anilines is 2. The van der Waals surface area contributed by atoms with E-state index in [0.717, 1.165) is 11.1 Å². The van der Waals surface area contributed by atoms with E-state index in [4.69, 9.17) is 4.74 Å². The Morgan fingerprint density at radius 3 is 1.83 bits per heavy atom. The van der Waals surface area contributed by atoms with Gasteiger partial charge in [0.15, 0.2) is 0 Å². The molecular weight excluding hydrogens is 376 g/mol. The van der Waals surface area contributed by atoms with Crippen molar-refractivity contribution in [3.8, 4) is 0 Å². The Hall–Kier alpha value is -3.60. The summed E-state index contributed by atoms with van der Waals surface area (Å²) in [5.41, 5.74) is 2.97. The highest BCUT2D eigenvalue weighted by Crippen LogP contribution is 2.27. The van der Waals surface area contributed by atoms with Crippen LogP contribution >= 0.6 is 0 Å². The number of hydrogen-bond acceptors (Lipinski definition) is 3. The summed E-state index contributed by atoms with van der Waals surface area (Å²) in [5, 5.41) is 5.66. The molecule has 0 saturated heterocycles. The predicted octanol–water partition coefficient (Wildman–Crippen LogP) is 5.66. The van der Waals surface area contributed by atoms with Crippen LogP contribution in [-0.4, -0.2) is 18.6 Å². The Bertz CT molecular complexity index is 932. The number of nitrogens with one attached hydrogen (secondary N) is 2. The minimum absolute atomic E-state index is 0.146. The minimum Gasteiger partial charge on any atom is -0.449 e. The van der Waals surface area contributed by atoms with Crippen LogP contribution in [0.15, 0.2) is 84.9 Å². The van der Waals surface area contributed by atoms with Gasteiger partial charge in [0, 0.05) is 11.4 Å². The molecule has 0 bridgehead atoms. The molecule has 2 N–H and O–H groups in total. The fraction of sp³-hybridized carbons (Fsp3) is 0.200. The molecule has 30 heavy (non-hydrogen) atoms. The van der Waals surface area contributed by atoms with Crippen LogP contribution < -0.4 is 10.6 Å². The van der Waals surface area contributed by atoms with E-state index < -0.39 is 12.0 Å². The maximum Gasteiger partial charge on any atom is 0.411 e. The standard InChI is InChI=1S/C25H26N2O3/c1-18(2)17-30-25(29)27-22-15-9-14-21(16-22)26-24(28)23(19-10-5-3-6-11-19)20-12-7-4-8-13-20/h3-16,18,23H,17H2,1-2H3,(H,26,28)(H,27,29). The van der Waals surface area contributed by atoms with Crippen LogP contribution in [0.4, 0.5) is 16.2 Å². The SMILES string of the molecule is CC(C)COC(=O)Nc1cccc(NC(=O)C(c2ccccc2)c2ccccc2)c1. The summed E-state index contributed by atoms with van der Waals surface area (Å²) in [5.74, 6) is -0.332. The monoisotopic (exact) mass is 402 g/mol. The first-order valence-electron chi connectivity index (χ1n) is 9.97. The highest BCUT2D eigenvalue weighted by molar-refractivity contribution is 5.98. The molecule has 0 radical (unpaired) electrons. The van der Waals surface area contributed by atoms with Crippen LogP contribution in [0.25, 0.3) is 0 Å². The Labute approximate surface area is 177 Å². The fourth-order valence-corrected chi connectivity index (χ4v) is 3.07. The summed E-state index contributed by atoms with van der Waals surface area (Å²) in [6.07, 6.45) is -0.515. The average molecular weight is 402 g/mol. The minimum atomic E-state index is -0.515. The summed E-state index contributed by atoms with van der Waals surface area (Å²) in [6.45, 7) is 4.29. The van der Waals surface area contributed by atoms with Crippen molar-refractivity contribution in [1.29, 1.82) is 0 Å². The largest absolute Gasteiger partial charge is 0.449 e. The summed E-state index contributed by atoms with van der Waals surface area (Å²) in [4.78, 5) is 25.1. The van der Waals surface area contributed by atoms with Gasteiger partial charge in [-0.1, -0.05) is 80.6 Å². The van der Waals surface area contributed by atoms with Crippen LogP contribution in [0.5, 0.6) is 0 Å². The molecule has 0 unspecified atom stereocenters. The molecule has 5 nitrogen and oxygen atoms in total. The van der Waals surface area contributed by atoms with Gasteiger partial charge in [0.25, 0.3) is 0 Å². The van der Waals surface area contributed by atoms with Crippen LogP contribution in [0.1, 0.15) is 30.9 Å². The molecule has 2 amide bonds. The Morgan fingerprint density at radius 2 is 1.30 bits per heavy atom. The molecule has 0 aliphatic carbocycles. The van der Waals surface area contributed by atoms with E-state index in [-0.39, 0.29) is 11.8 Å². The van der Waals surface area contributed by atoms with Crippen molar-refractivity contribution < 1.29 is 14.3 Å². The predicted molar refractivity (Wildman–Crippen MR) is 120 cm³/mol. The molecule has 0 atom stereocenters. The summed E-state index contributed by atoms with van der Waals surface area (Å²) in [6, 6.07) is 26.3. The van der Waals surface area contributed by atoms with Crippen molar-refractivity contribution in [1.82, 2.24) is 0 Å². The van der Waals surface area contributed by atoms with Crippen molar-refractivity contribution in [3.05, 3.63) is 96.1 Å². The normalized spacial score (nSPS) is 10.7. The van der Waals surface area contributed by atoms with E-state index in [9.17, 15) is 9.59 Å². The quantitative estimate of drug-likeness (QED) is 0.536. The van der Waals surface area contributed by atoms with E-state index >= 15 is 0 Å². The van der Waals surface area contributed by atoms with E-state index in [2.05, 4.69) is 10.6 Å². The van der Waals surface area contributed by atoms with E-state index in [1.807, 2.05) is 74.5 Å². The van der Waals surface area contributed by atoms with Crippen LogP contribution in [0, 0.1) is 5.92 Å². The summed E-state index contributed by atoms with van der Waals surface area (Å²) >= 11 is 0. The summed E-state index contributed by atoms with van der Waals surface area (Å²) < 4.78 is 5.14. The third-order valence-corrected chi connectivity index (χ3v) is 4.45. The lowest BCUT2D eigenvalue weighted by Gasteiger charge is -2.18. The van der Waals surface area contributed by atoms with E-state index in [1.54, 1.807) is 24.3 Å². The van der Waals surface area contributed by atoms with Gasteiger partial charge in [0.1, 0.15) is 0 Å². The number of hydrogen-bond donors (Lipinski definition) is 2. The average Bonchev–Trinajstić information content (AvgIpc) is 2.74. The lowest BCUT2D eigenvalue weighted by atomic mass is 9.90. The number of rotatable bonds is 7. The molecule has 0 aromatic heterocycles. The number of ether oxygens (including phenoxy) is 1. The van der Waals surface area contributed by atoms with Gasteiger partial charge in [-0.05, 0) is 35.2 Å². The molecule has 0 fully saturated rings. The Morgan fingerprint density at radius 1 is 0.767 bits per heavy atom. The second-order valence-electron chi connectivity index (χ2n) is 7.44. The first-order chi connectivity index (χ1) is 14.5. The summed E-state index contributed by atoms with van der Waals surface area (Å²) in [7, 11) is 0. The van der Waals surface area contributed by atoms with Crippen LogP contribution in [-0.2, 0) is 9.53 Å². The molecule has 0 aliphatic rings. The lowest BCUT2D eigenvalue weighted by Crippen LogP contribution is -2.22. The Balaban J connectivity index is 1.75. The van der Waals surface area contributed by atoms with Gasteiger partial charge in [-0.2, -0.15) is 0 Å². The van der Waals surface area contributed by atoms with Crippen LogP contribution in [0.3, 0.4) is 0 Å². The topological polar surface area (TPSA) is 67.4 Å². The van der Waals surface area contributed by atoms with E-state index in [1.165, 1.54) is 0 Å². The zero-order valence-electron chi connectivity index (χ0n) is 17.2. The number of carbonyl (C=O) groups excluding carboxylic acids is 2. The van der Waals surface area contributed by atoms with Gasteiger partial charge in [-0.15, -0.1) is 0 Å². The molecule has 0 saturated carbocycles. The first kappa shape index (κ1) is 21.1. The molecule has 5 heteroatoms. The highest BCUT2D eigenvalue weighted by Gasteiger charge is 2.22. The molecule has 154 valence electrons. The van der Waals surface area contributed by atoms with Crippen molar-refractivity contribution in [2.24, 2.45) is 5.92 Å². The zero-order valence-corrected chi connectivity index (χ0v) is 17.2. The molecule has 0 heterocycles. The molecule has 3 aromatic rings. The molecule has 0 aliphatic heterocycles. The lowest BCUT2D eigenvalue weighted by molar-refractivity contribution is -0.116. The maximum absolute atomic E-state index is 13.2. The second kappa shape index (κ2) is 10.3. The third-order valence-electron chi connectivity index (χ3n) is 4.45. The van der Waals surface area contributed by atoms with Crippen molar-refractivity contribution in [2.75, 3.05) is 17.2 Å². The van der Waals surface area contributed by atoms with Crippen LogP contribution in [0.2, 0.25) is 0 Å². The smallest absolute Gasteiger partial charge is 0.411 e. The number of carbonyl (C=O) groups is 2. The van der Waals surface area contributed by atoms with E-state index in [0.29, 0.717) is 18.0 Å². The second-order valence-corrected chi connectivity index (χ2v) is 7.44. The molecular formula is C25H26N2O3. The van der Waals surface area contributed by atoms with Gasteiger partial charge in [0.05, 0.1) is 12.5 Å².